The van der Waals surface area contributed by atoms with Crippen LogP contribution in [0.2, 0.25) is 0 Å². The van der Waals surface area contributed by atoms with Gasteiger partial charge in [-0.05, 0) is 49.4 Å². The summed E-state index contributed by atoms with van der Waals surface area (Å²) in [5.41, 5.74) is 1.15. The highest BCUT2D eigenvalue weighted by molar-refractivity contribution is 5.95. The van der Waals surface area contributed by atoms with Gasteiger partial charge in [-0.15, -0.1) is 0 Å². The van der Waals surface area contributed by atoms with Crippen LogP contribution < -0.4 is 5.32 Å². The van der Waals surface area contributed by atoms with E-state index in [-0.39, 0.29) is 11.5 Å². The highest BCUT2D eigenvalue weighted by atomic mass is 19.1. The summed E-state index contributed by atoms with van der Waals surface area (Å²) in [6.07, 6.45) is 5.49. The molecule has 3 heterocycles. The molecular weight excluding hydrogens is 347 g/mol. The fourth-order valence-electron chi connectivity index (χ4n) is 3.93. The number of hydrogen-bond acceptors (Lipinski definition) is 5. The van der Waals surface area contributed by atoms with Gasteiger partial charge in [0.15, 0.2) is 0 Å². The molecule has 6 nitrogen and oxygen atoms in total. The molecule has 1 spiro atoms. The van der Waals surface area contributed by atoms with E-state index in [2.05, 4.69) is 15.3 Å². The van der Waals surface area contributed by atoms with Crippen LogP contribution in [0.4, 0.5) is 10.3 Å². The number of amides is 1. The number of nitrogens with zero attached hydrogens (tertiary/aromatic N) is 3. The molecule has 2 aliphatic rings. The van der Waals surface area contributed by atoms with Crippen LogP contribution in [0.1, 0.15) is 28.8 Å². The second kappa shape index (κ2) is 7.23. The number of rotatable bonds is 5. The molecular formula is C20H23FN4O2. The van der Waals surface area contributed by atoms with Crippen LogP contribution in [-0.2, 0) is 4.74 Å². The number of anilines is 1. The molecule has 0 radical (unpaired) electrons. The Kier molecular flexibility index (Phi) is 4.78. The summed E-state index contributed by atoms with van der Waals surface area (Å²) < 4.78 is 19.4. The molecule has 0 aliphatic carbocycles. The first-order valence-corrected chi connectivity index (χ1v) is 9.27. The first-order valence-electron chi connectivity index (χ1n) is 9.27. The molecule has 1 N–H and O–H groups in total. The number of carbonyl (C=O) groups excluding carboxylic acids is 1. The molecule has 2 aliphatic heterocycles. The molecule has 4 rings (SSSR count). The Hall–Kier alpha value is -2.54. The molecule has 2 fully saturated rings. The highest BCUT2D eigenvalue weighted by Gasteiger charge is 2.54. The molecule has 27 heavy (non-hydrogen) atoms. The standard InChI is InChI=1S/C20H23FN4O2/c1-14-10-23-19(24-11-14)22-7-5-16-6-8-27-20(16)12-25(13-20)18(26)15-3-2-4-17(21)9-15/h2-4,9-11,16H,5-8,12-13H2,1H3,(H,22,23,24)/t16-/m0/s1. The number of aryl methyl sites for hydroxylation is 1. The summed E-state index contributed by atoms with van der Waals surface area (Å²) in [4.78, 5) is 22.8. The maximum Gasteiger partial charge on any atom is 0.254 e. The first kappa shape index (κ1) is 17.9. The second-order valence-corrected chi connectivity index (χ2v) is 7.37. The lowest BCUT2D eigenvalue weighted by molar-refractivity contribution is -0.117. The predicted molar refractivity (Wildman–Crippen MR) is 99.0 cm³/mol. The topological polar surface area (TPSA) is 67.4 Å². The number of ether oxygens (including phenoxy) is 1. The number of benzene rings is 1. The smallest absolute Gasteiger partial charge is 0.254 e. The average Bonchev–Trinajstić information content (AvgIpc) is 3.05. The van der Waals surface area contributed by atoms with Gasteiger partial charge in [0.25, 0.3) is 5.91 Å². The quantitative estimate of drug-likeness (QED) is 0.876. The Morgan fingerprint density at radius 3 is 2.89 bits per heavy atom. The van der Waals surface area contributed by atoms with E-state index in [1.807, 2.05) is 6.92 Å². The molecule has 1 aromatic carbocycles. The van der Waals surface area contributed by atoms with Gasteiger partial charge in [-0.3, -0.25) is 4.79 Å². The number of carbonyl (C=O) groups is 1. The second-order valence-electron chi connectivity index (χ2n) is 7.37. The molecule has 1 atom stereocenters. The van der Waals surface area contributed by atoms with E-state index in [4.69, 9.17) is 4.74 Å². The molecule has 0 saturated carbocycles. The van der Waals surface area contributed by atoms with Gasteiger partial charge in [0.05, 0.1) is 13.1 Å². The Balaban J connectivity index is 1.31. The molecule has 2 saturated heterocycles. The van der Waals surface area contributed by atoms with Gasteiger partial charge in [-0.2, -0.15) is 0 Å². The highest BCUT2D eigenvalue weighted by Crippen LogP contribution is 2.42. The summed E-state index contributed by atoms with van der Waals surface area (Å²) >= 11 is 0. The maximum atomic E-state index is 13.4. The number of aromatic nitrogens is 2. The Morgan fingerprint density at radius 1 is 1.37 bits per heavy atom. The summed E-state index contributed by atoms with van der Waals surface area (Å²) in [7, 11) is 0. The van der Waals surface area contributed by atoms with Gasteiger partial charge in [-0.25, -0.2) is 14.4 Å². The van der Waals surface area contributed by atoms with Crippen molar-refractivity contribution in [3.05, 3.63) is 53.6 Å². The lowest BCUT2D eigenvalue weighted by atomic mass is 9.78. The molecule has 0 unspecified atom stereocenters. The SMILES string of the molecule is Cc1cnc(NCC[C@H]2CCOC23CN(C(=O)c2cccc(F)c2)C3)nc1. The van der Waals surface area contributed by atoms with E-state index in [1.165, 1.54) is 12.1 Å². The molecule has 7 heteroatoms. The Labute approximate surface area is 157 Å². The van der Waals surface area contributed by atoms with E-state index in [0.29, 0.717) is 37.1 Å². The van der Waals surface area contributed by atoms with Crippen molar-refractivity contribution in [3.8, 4) is 0 Å². The minimum Gasteiger partial charge on any atom is -0.371 e. The zero-order chi connectivity index (χ0) is 18.9. The van der Waals surface area contributed by atoms with Crippen LogP contribution in [-0.4, -0.2) is 52.6 Å². The van der Waals surface area contributed by atoms with Crippen LogP contribution >= 0.6 is 0 Å². The minimum absolute atomic E-state index is 0.138. The van der Waals surface area contributed by atoms with Gasteiger partial charge in [0.2, 0.25) is 5.95 Å². The third kappa shape index (κ3) is 3.64. The predicted octanol–water partition coefficient (Wildman–Crippen LogP) is 2.66. The van der Waals surface area contributed by atoms with Crippen LogP contribution in [0.3, 0.4) is 0 Å². The van der Waals surface area contributed by atoms with Crippen molar-refractivity contribution in [3.63, 3.8) is 0 Å². The van der Waals surface area contributed by atoms with E-state index in [1.54, 1.807) is 29.4 Å². The lowest BCUT2D eigenvalue weighted by Gasteiger charge is -2.50. The van der Waals surface area contributed by atoms with Crippen LogP contribution in [0.5, 0.6) is 0 Å². The summed E-state index contributed by atoms with van der Waals surface area (Å²) in [5, 5.41) is 3.25. The monoisotopic (exact) mass is 370 g/mol. The minimum atomic E-state index is -0.393. The van der Waals surface area contributed by atoms with E-state index in [0.717, 1.165) is 24.9 Å². The van der Waals surface area contributed by atoms with Gasteiger partial charge < -0.3 is 15.0 Å². The molecule has 2 aromatic rings. The number of likely N-dealkylation sites (tertiary alicyclic amines) is 1. The van der Waals surface area contributed by atoms with Gasteiger partial charge in [0.1, 0.15) is 11.4 Å². The Morgan fingerprint density at radius 2 is 2.15 bits per heavy atom. The number of halogens is 1. The fraction of sp³-hybridized carbons (Fsp3) is 0.450. The zero-order valence-corrected chi connectivity index (χ0v) is 15.3. The van der Waals surface area contributed by atoms with Crippen molar-refractivity contribution in [2.45, 2.75) is 25.4 Å². The first-order chi connectivity index (χ1) is 13.1. The van der Waals surface area contributed by atoms with E-state index < -0.39 is 5.82 Å². The Bertz CT molecular complexity index is 821. The van der Waals surface area contributed by atoms with Crippen molar-refractivity contribution < 1.29 is 13.9 Å². The van der Waals surface area contributed by atoms with Gasteiger partial charge in [0, 0.05) is 31.1 Å². The van der Waals surface area contributed by atoms with Crippen LogP contribution in [0.15, 0.2) is 36.7 Å². The molecule has 142 valence electrons. The van der Waals surface area contributed by atoms with Crippen LogP contribution in [0.25, 0.3) is 0 Å². The van der Waals surface area contributed by atoms with Crippen molar-refractivity contribution in [1.82, 2.24) is 14.9 Å². The normalized spacial score (nSPS) is 20.5. The van der Waals surface area contributed by atoms with Crippen molar-refractivity contribution in [2.75, 3.05) is 31.6 Å². The zero-order valence-electron chi connectivity index (χ0n) is 15.3. The maximum absolute atomic E-state index is 13.4. The number of nitrogens with one attached hydrogen (secondary N) is 1. The van der Waals surface area contributed by atoms with Crippen molar-refractivity contribution in [1.29, 1.82) is 0 Å². The van der Waals surface area contributed by atoms with Crippen molar-refractivity contribution in [2.24, 2.45) is 5.92 Å². The average molecular weight is 370 g/mol. The van der Waals surface area contributed by atoms with Crippen LogP contribution in [0, 0.1) is 18.7 Å². The number of hydrogen-bond donors (Lipinski definition) is 1. The third-order valence-electron chi connectivity index (χ3n) is 5.43. The van der Waals surface area contributed by atoms with Gasteiger partial charge >= 0.3 is 0 Å². The summed E-state index contributed by atoms with van der Waals surface area (Å²) in [5.74, 6) is 0.480. The van der Waals surface area contributed by atoms with E-state index in [9.17, 15) is 9.18 Å². The van der Waals surface area contributed by atoms with Crippen molar-refractivity contribution >= 4 is 11.9 Å². The fourth-order valence-corrected chi connectivity index (χ4v) is 3.93. The van der Waals surface area contributed by atoms with Gasteiger partial charge in [-0.1, -0.05) is 6.07 Å². The molecule has 1 aromatic heterocycles. The largest absolute Gasteiger partial charge is 0.371 e. The lowest BCUT2D eigenvalue weighted by Crippen LogP contribution is -2.66. The molecule has 1 amide bonds. The molecule has 0 bridgehead atoms. The third-order valence-corrected chi connectivity index (χ3v) is 5.43. The summed E-state index contributed by atoms with van der Waals surface area (Å²) in [6.45, 7) is 4.56. The van der Waals surface area contributed by atoms with E-state index >= 15 is 0 Å². The summed E-state index contributed by atoms with van der Waals surface area (Å²) in [6, 6.07) is 5.84.